The van der Waals surface area contributed by atoms with Gasteiger partial charge in [-0.2, -0.15) is 0 Å². The summed E-state index contributed by atoms with van der Waals surface area (Å²) in [6.45, 7) is 7.29. The molecule has 0 saturated heterocycles. The first-order chi connectivity index (χ1) is 13.4. The van der Waals surface area contributed by atoms with Crippen LogP contribution in [0, 0.1) is 0 Å². The second-order valence-corrected chi connectivity index (χ2v) is 8.69. The second kappa shape index (κ2) is 7.22. The summed E-state index contributed by atoms with van der Waals surface area (Å²) in [4.78, 5) is 15.2. The zero-order chi connectivity index (χ0) is 19.9. The van der Waals surface area contributed by atoms with Crippen molar-refractivity contribution in [2.45, 2.75) is 63.8 Å². The molecule has 4 rings (SSSR count). The van der Waals surface area contributed by atoms with E-state index in [1.165, 1.54) is 5.56 Å². The van der Waals surface area contributed by atoms with Crippen LogP contribution >= 0.6 is 0 Å². The van der Waals surface area contributed by atoms with Crippen LogP contribution in [0.4, 0.5) is 0 Å². The van der Waals surface area contributed by atoms with E-state index in [1.807, 2.05) is 24.3 Å². The highest BCUT2D eigenvalue weighted by Crippen LogP contribution is 2.32. The van der Waals surface area contributed by atoms with Crippen molar-refractivity contribution in [2.75, 3.05) is 0 Å². The molecule has 1 aliphatic heterocycles. The van der Waals surface area contributed by atoms with Gasteiger partial charge < -0.3 is 15.4 Å². The Morgan fingerprint density at radius 1 is 1.21 bits per heavy atom. The molecule has 2 aromatic carbocycles. The van der Waals surface area contributed by atoms with E-state index >= 15 is 0 Å². The van der Waals surface area contributed by atoms with E-state index in [-0.39, 0.29) is 23.2 Å². The zero-order valence-electron chi connectivity index (χ0n) is 16.8. The topological polar surface area (TPSA) is 70.0 Å². The number of aliphatic hydroxyl groups excluding tert-OH is 1. The van der Waals surface area contributed by atoms with Gasteiger partial charge >= 0.3 is 5.69 Å². The third-order valence-electron chi connectivity index (χ3n) is 6.06. The fourth-order valence-corrected chi connectivity index (χ4v) is 4.71. The van der Waals surface area contributed by atoms with Crippen molar-refractivity contribution >= 4 is 11.0 Å². The Bertz CT molecular complexity index is 1020. The van der Waals surface area contributed by atoms with E-state index in [0.717, 1.165) is 23.0 Å². The molecule has 1 aromatic heterocycles. The van der Waals surface area contributed by atoms with Gasteiger partial charge in [-0.25, -0.2) is 4.79 Å². The first-order valence-electron chi connectivity index (χ1n) is 10.1. The Hall–Kier alpha value is -2.37. The van der Waals surface area contributed by atoms with Crippen molar-refractivity contribution in [1.29, 1.82) is 0 Å². The number of aromatic amines is 1. The minimum absolute atomic E-state index is 0.0335. The van der Waals surface area contributed by atoms with Crippen LogP contribution in [-0.2, 0) is 12.0 Å². The SMILES string of the molecule is CC(CC(C)(C)c1ccccc1)NC1CCn2c(=O)[nH]c3cccc(c32)C1O. The maximum Gasteiger partial charge on any atom is 0.326 e. The molecule has 5 nitrogen and oxygen atoms in total. The zero-order valence-corrected chi connectivity index (χ0v) is 16.8. The number of para-hydroxylation sites is 1. The average Bonchev–Trinajstić information content (AvgIpc) is 2.92. The number of rotatable bonds is 5. The molecule has 0 saturated carbocycles. The number of aromatic nitrogens is 2. The molecule has 3 aromatic rings. The van der Waals surface area contributed by atoms with E-state index < -0.39 is 6.10 Å². The first-order valence-corrected chi connectivity index (χ1v) is 10.1. The highest BCUT2D eigenvalue weighted by Gasteiger charge is 2.31. The van der Waals surface area contributed by atoms with E-state index in [2.05, 4.69) is 55.3 Å². The Morgan fingerprint density at radius 3 is 2.71 bits per heavy atom. The molecule has 0 spiro atoms. The van der Waals surface area contributed by atoms with E-state index in [0.29, 0.717) is 13.0 Å². The van der Waals surface area contributed by atoms with Crippen LogP contribution in [-0.4, -0.2) is 26.7 Å². The number of imidazole rings is 1. The minimum Gasteiger partial charge on any atom is -0.387 e. The second-order valence-electron chi connectivity index (χ2n) is 8.69. The van der Waals surface area contributed by atoms with Crippen molar-refractivity contribution in [2.24, 2.45) is 0 Å². The summed E-state index contributed by atoms with van der Waals surface area (Å²) < 4.78 is 1.76. The number of hydrogen-bond donors (Lipinski definition) is 3. The molecule has 0 radical (unpaired) electrons. The number of hydrogen-bond acceptors (Lipinski definition) is 3. The summed E-state index contributed by atoms with van der Waals surface area (Å²) in [6.07, 6.45) is 1.02. The van der Waals surface area contributed by atoms with Crippen molar-refractivity contribution in [3.63, 3.8) is 0 Å². The van der Waals surface area contributed by atoms with Gasteiger partial charge in [0.1, 0.15) is 0 Å². The summed E-state index contributed by atoms with van der Waals surface area (Å²) in [6, 6.07) is 16.4. The fourth-order valence-electron chi connectivity index (χ4n) is 4.71. The Kier molecular flexibility index (Phi) is 4.89. The average molecular weight is 380 g/mol. The van der Waals surface area contributed by atoms with Gasteiger partial charge in [-0.15, -0.1) is 0 Å². The van der Waals surface area contributed by atoms with E-state index in [4.69, 9.17) is 0 Å². The standard InChI is InChI=1S/C23H29N3O2/c1-15(14-23(2,3)16-8-5-4-6-9-16)24-19-12-13-26-20-17(21(19)27)10-7-11-18(20)25-22(26)28/h4-11,15,19,21,24,27H,12-14H2,1-3H3,(H,25,28). The van der Waals surface area contributed by atoms with Gasteiger partial charge in [-0.05, 0) is 36.8 Å². The number of aliphatic hydroxyl groups is 1. The van der Waals surface area contributed by atoms with Crippen LogP contribution in [0.5, 0.6) is 0 Å². The van der Waals surface area contributed by atoms with Gasteiger partial charge in [0.05, 0.1) is 17.1 Å². The minimum atomic E-state index is -0.644. The maximum absolute atomic E-state index is 12.3. The molecular formula is C23H29N3O2. The lowest BCUT2D eigenvalue weighted by Gasteiger charge is -2.32. The van der Waals surface area contributed by atoms with Crippen molar-refractivity contribution < 1.29 is 5.11 Å². The summed E-state index contributed by atoms with van der Waals surface area (Å²) in [5, 5.41) is 14.7. The molecule has 0 bridgehead atoms. The van der Waals surface area contributed by atoms with Crippen LogP contribution in [0.15, 0.2) is 53.3 Å². The molecule has 28 heavy (non-hydrogen) atoms. The molecule has 0 fully saturated rings. The summed E-state index contributed by atoms with van der Waals surface area (Å²) in [7, 11) is 0. The van der Waals surface area contributed by atoms with Crippen LogP contribution < -0.4 is 11.0 Å². The molecule has 1 aliphatic rings. The van der Waals surface area contributed by atoms with E-state index in [9.17, 15) is 9.90 Å². The molecule has 0 aliphatic carbocycles. The predicted octanol–water partition coefficient (Wildman–Crippen LogP) is 3.48. The third kappa shape index (κ3) is 3.40. The number of aryl methyl sites for hydroxylation is 1. The Morgan fingerprint density at radius 2 is 1.96 bits per heavy atom. The summed E-state index contributed by atoms with van der Waals surface area (Å²) in [5.74, 6) is 0. The number of benzene rings is 2. The monoisotopic (exact) mass is 379 g/mol. The maximum atomic E-state index is 12.3. The van der Waals surface area contributed by atoms with Gasteiger partial charge in [0.25, 0.3) is 0 Å². The lowest BCUT2D eigenvalue weighted by Crippen LogP contribution is -2.43. The molecule has 3 atom stereocenters. The highest BCUT2D eigenvalue weighted by atomic mass is 16.3. The van der Waals surface area contributed by atoms with Gasteiger partial charge in [0, 0.05) is 24.2 Å². The molecule has 3 unspecified atom stereocenters. The molecule has 148 valence electrons. The quantitative estimate of drug-likeness (QED) is 0.636. The predicted molar refractivity (Wildman–Crippen MR) is 113 cm³/mol. The molecule has 5 heteroatoms. The van der Waals surface area contributed by atoms with Gasteiger partial charge in [0.2, 0.25) is 0 Å². The Labute approximate surface area is 165 Å². The van der Waals surface area contributed by atoms with Crippen LogP contribution in [0.1, 0.15) is 50.8 Å². The third-order valence-corrected chi connectivity index (χ3v) is 6.06. The van der Waals surface area contributed by atoms with Gasteiger partial charge in [0.15, 0.2) is 0 Å². The molecule has 3 N–H and O–H groups in total. The summed E-state index contributed by atoms with van der Waals surface area (Å²) >= 11 is 0. The lowest BCUT2D eigenvalue weighted by atomic mass is 9.79. The molecule has 2 heterocycles. The first kappa shape index (κ1) is 19.0. The Balaban J connectivity index is 1.53. The van der Waals surface area contributed by atoms with Crippen LogP contribution in [0.3, 0.4) is 0 Å². The molecular weight excluding hydrogens is 350 g/mol. The largest absolute Gasteiger partial charge is 0.387 e. The number of nitrogens with zero attached hydrogens (tertiary/aromatic N) is 1. The highest BCUT2D eigenvalue weighted by molar-refractivity contribution is 5.79. The normalized spacial score (nSPS) is 20.9. The smallest absolute Gasteiger partial charge is 0.326 e. The molecule has 0 amide bonds. The van der Waals surface area contributed by atoms with E-state index in [1.54, 1.807) is 4.57 Å². The lowest BCUT2D eigenvalue weighted by molar-refractivity contribution is 0.116. The van der Waals surface area contributed by atoms with Crippen molar-refractivity contribution in [3.05, 3.63) is 70.1 Å². The number of H-pyrrole nitrogens is 1. The summed E-state index contributed by atoms with van der Waals surface area (Å²) in [5.41, 5.74) is 3.69. The van der Waals surface area contributed by atoms with Gasteiger partial charge in [-0.3, -0.25) is 4.57 Å². The number of nitrogens with one attached hydrogen (secondary N) is 2. The van der Waals surface area contributed by atoms with Crippen molar-refractivity contribution in [3.8, 4) is 0 Å². The van der Waals surface area contributed by atoms with Crippen LogP contribution in [0.2, 0.25) is 0 Å². The van der Waals surface area contributed by atoms with Gasteiger partial charge in [-0.1, -0.05) is 56.3 Å². The van der Waals surface area contributed by atoms with Crippen molar-refractivity contribution in [1.82, 2.24) is 14.9 Å². The fraction of sp³-hybridized carbons (Fsp3) is 0.435. The van der Waals surface area contributed by atoms with Crippen LogP contribution in [0.25, 0.3) is 11.0 Å².